The van der Waals surface area contributed by atoms with Gasteiger partial charge in [0.25, 0.3) is 0 Å². The maximum Gasteiger partial charge on any atom is 0.0877 e. The average molecular weight is 354 g/mol. The van der Waals surface area contributed by atoms with Crippen LogP contribution < -0.4 is 10.8 Å². The van der Waals surface area contributed by atoms with Gasteiger partial charge in [-0.3, -0.25) is 0 Å². The van der Waals surface area contributed by atoms with E-state index in [9.17, 15) is 5.21 Å². The highest BCUT2D eigenvalue weighted by atomic mass is 127. The van der Waals surface area contributed by atoms with Gasteiger partial charge in [0, 0.05) is 29.7 Å². The van der Waals surface area contributed by atoms with Crippen LogP contribution in [0.2, 0.25) is 0 Å². The Labute approximate surface area is 119 Å². The highest BCUT2D eigenvalue weighted by Crippen LogP contribution is 2.27. The van der Waals surface area contributed by atoms with Gasteiger partial charge in [-0.1, -0.05) is 42.9 Å². The van der Waals surface area contributed by atoms with Crippen LogP contribution in [0.15, 0.2) is 0 Å². The lowest BCUT2D eigenvalue weighted by molar-refractivity contribution is -0.880. The minimum absolute atomic E-state index is 0.307. The summed E-state index contributed by atoms with van der Waals surface area (Å²) in [5.74, 6) is 1.81. The van der Waals surface area contributed by atoms with E-state index in [1.54, 1.807) is 0 Å². The maximum atomic E-state index is 12.3. The number of hydrogen-bond donors (Lipinski definition) is 2. The van der Waals surface area contributed by atoms with Crippen LogP contribution in [0.1, 0.15) is 39.5 Å². The molecule has 5 atom stereocenters. The SMILES string of the molecule is CC1CCC(CI)CC([NH+]([O-])CC(C)CN)C1. The van der Waals surface area contributed by atoms with E-state index in [4.69, 9.17) is 5.73 Å². The second-order valence-corrected chi connectivity index (χ2v) is 6.76. The third-order valence-electron chi connectivity index (χ3n) is 4.00. The second-order valence-electron chi connectivity index (χ2n) is 5.88. The summed E-state index contributed by atoms with van der Waals surface area (Å²) in [6, 6.07) is 0.307. The molecule has 5 unspecified atom stereocenters. The van der Waals surface area contributed by atoms with Crippen molar-refractivity contribution in [1.82, 2.24) is 0 Å². The molecule has 0 radical (unpaired) electrons. The Morgan fingerprint density at radius 2 is 2.12 bits per heavy atom. The van der Waals surface area contributed by atoms with Crippen molar-refractivity contribution in [3.63, 3.8) is 0 Å². The van der Waals surface area contributed by atoms with Gasteiger partial charge >= 0.3 is 0 Å². The molecule has 0 aromatic rings. The topological polar surface area (TPSA) is 53.5 Å². The lowest BCUT2D eigenvalue weighted by Gasteiger charge is -2.34. The van der Waals surface area contributed by atoms with Gasteiger partial charge in [-0.15, -0.1) is 0 Å². The monoisotopic (exact) mass is 354 g/mol. The Morgan fingerprint density at radius 3 is 2.71 bits per heavy atom. The summed E-state index contributed by atoms with van der Waals surface area (Å²) in [6.45, 7) is 5.68. The lowest BCUT2D eigenvalue weighted by atomic mass is 9.99. The molecule has 0 heterocycles. The van der Waals surface area contributed by atoms with E-state index in [-0.39, 0.29) is 0 Å². The zero-order valence-electron chi connectivity index (χ0n) is 11.1. The summed E-state index contributed by atoms with van der Waals surface area (Å²) < 4.78 is 1.20. The van der Waals surface area contributed by atoms with Crippen LogP contribution in [0.5, 0.6) is 0 Å². The van der Waals surface area contributed by atoms with Gasteiger partial charge in [0.05, 0.1) is 12.6 Å². The molecule has 0 saturated heterocycles. The van der Waals surface area contributed by atoms with E-state index in [1.807, 2.05) is 0 Å². The predicted molar refractivity (Wildman–Crippen MR) is 81.2 cm³/mol. The zero-order valence-corrected chi connectivity index (χ0v) is 13.3. The molecule has 1 aliphatic rings. The number of hydroxylamine groups is 2. The first kappa shape index (κ1) is 15.7. The van der Waals surface area contributed by atoms with Crippen molar-refractivity contribution in [2.24, 2.45) is 23.5 Å². The first-order chi connectivity index (χ1) is 8.06. The Hall–Kier alpha value is 0.610. The van der Waals surface area contributed by atoms with Crippen LogP contribution in [0, 0.1) is 23.0 Å². The van der Waals surface area contributed by atoms with Crippen LogP contribution in [-0.2, 0) is 0 Å². The van der Waals surface area contributed by atoms with Crippen molar-refractivity contribution in [3.8, 4) is 0 Å². The van der Waals surface area contributed by atoms with Gasteiger partial charge in [-0.25, -0.2) is 0 Å². The zero-order chi connectivity index (χ0) is 12.8. The Morgan fingerprint density at radius 1 is 1.41 bits per heavy atom. The molecule has 0 amide bonds. The van der Waals surface area contributed by atoms with Crippen molar-refractivity contribution in [2.45, 2.75) is 45.6 Å². The fourth-order valence-electron chi connectivity index (χ4n) is 2.74. The van der Waals surface area contributed by atoms with Crippen LogP contribution in [-0.4, -0.2) is 23.6 Å². The number of quaternary nitrogens is 1. The molecule has 1 fully saturated rings. The Kier molecular flexibility index (Phi) is 7.30. The van der Waals surface area contributed by atoms with E-state index in [2.05, 4.69) is 36.4 Å². The molecule has 102 valence electrons. The van der Waals surface area contributed by atoms with E-state index in [1.165, 1.54) is 17.3 Å². The summed E-state index contributed by atoms with van der Waals surface area (Å²) >= 11 is 2.47. The third kappa shape index (κ3) is 5.41. The van der Waals surface area contributed by atoms with Gasteiger partial charge < -0.3 is 16.0 Å². The van der Waals surface area contributed by atoms with E-state index in [0.29, 0.717) is 36.0 Å². The second kappa shape index (κ2) is 7.92. The molecule has 0 bridgehead atoms. The molecule has 1 aliphatic carbocycles. The summed E-state index contributed by atoms with van der Waals surface area (Å²) in [7, 11) is 0. The molecular weight excluding hydrogens is 327 g/mol. The molecule has 0 spiro atoms. The number of hydrogen-bond acceptors (Lipinski definition) is 2. The average Bonchev–Trinajstić information content (AvgIpc) is 2.50. The minimum Gasteiger partial charge on any atom is -0.634 e. The summed E-state index contributed by atoms with van der Waals surface area (Å²) in [5.41, 5.74) is 5.61. The first-order valence-corrected chi connectivity index (χ1v) is 8.38. The van der Waals surface area contributed by atoms with Crippen LogP contribution >= 0.6 is 22.6 Å². The largest absolute Gasteiger partial charge is 0.634 e. The third-order valence-corrected chi connectivity index (χ3v) is 5.24. The summed E-state index contributed by atoms with van der Waals surface area (Å²) in [4.78, 5) is 0. The van der Waals surface area contributed by atoms with E-state index in [0.717, 1.165) is 18.8 Å². The van der Waals surface area contributed by atoms with Crippen LogP contribution in [0.4, 0.5) is 0 Å². The molecule has 4 heteroatoms. The van der Waals surface area contributed by atoms with Gasteiger partial charge in [0.1, 0.15) is 0 Å². The van der Waals surface area contributed by atoms with Crippen molar-refractivity contribution in [3.05, 3.63) is 5.21 Å². The number of nitrogens with two attached hydrogens (primary N) is 1. The molecule has 0 aromatic heterocycles. The highest BCUT2D eigenvalue weighted by molar-refractivity contribution is 14.1. The molecule has 0 aromatic carbocycles. The summed E-state index contributed by atoms with van der Waals surface area (Å²) in [6.07, 6.45) is 4.82. The number of halogens is 1. The van der Waals surface area contributed by atoms with Gasteiger partial charge in [-0.05, 0) is 18.3 Å². The molecule has 17 heavy (non-hydrogen) atoms. The van der Waals surface area contributed by atoms with Gasteiger partial charge in [0.2, 0.25) is 0 Å². The molecule has 0 aliphatic heterocycles. The van der Waals surface area contributed by atoms with E-state index >= 15 is 0 Å². The lowest BCUT2D eigenvalue weighted by Crippen LogP contribution is -3.12. The van der Waals surface area contributed by atoms with Gasteiger partial charge in [-0.2, -0.15) is 0 Å². The molecule has 1 rings (SSSR count). The normalized spacial score (nSPS) is 34.1. The quantitative estimate of drug-likeness (QED) is 0.341. The van der Waals surface area contributed by atoms with Crippen molar-refractivity contribution in [1.29, 1.82) is 0 Å². The van der Waals surface area contributed by atoms with Crippen molar-refractivity contribution < 1.29 is 5.06 Å². The molecular formula is C13H27IN2O. The minimum atomic E-state index is 0.307. The smallest absolute Gasteiger partial charge is 0.0877 e. The maximum absolute atomic E-state index is 12.3. The summed E-state index contributed by atoms with van der Waals surface area (Å²) in [5, 5.41) is 12.7. The first-order valence-electron chi connectivity index (χ1n) is 6.85. The van der Waals surface area contributed by atoms with Crippen LogP contribution in [0.25, 0.3) is 0 Å². The number of alkyl halides is 1. The standard InChI is InChI=1S/C13H27IN2O/c1-10-3-4-12(7-14)6-13(5-10)16(17)9-11(2)8-15/h10-13,16H,3-9,15H2,1-2H3. The molecule has 1 saturated carbocycles. The van der Waals surface area contributed by atoms with Crippen molar-refractivity contribution in [2.75, 3.05) is 17.5 Å². The molecule has 3 nitrogen and oxygen atoms in total. The number of rotatable bonds is 5. The van der Waals surface area contributed by atoms with Crippen molar-refractivity contribution >= 4 is 22.6 Å². The van der Waals surface area contributed by atoms with Crippen LogP contribution in [0.3, 0.4) is 0 Å². The van der Waals surface area contributed by atoms with Gasteiger partial charge in [0.15, 0.2) is 0 Å². The number of nitrogens with one attached hydrogen (secondary N) is 1. The molecule has 3 N–H and O–H groups in total. The Balaban J connectivity index is 2.53. The fraction of sp³-hybridized carbons (Fsp3) is 1.00. The fourth-order valence-corrected chi connectivity index (χ4v) is 3.54. The Bertz CT molecular complexity index is 216. The highest BCUT2D eigenvalue weighted by Gasteiger charge is 2.27. The van der Waals surface area contributed by atoms with E-state index < -0.39 is 0 Å². The predicted octanol–water partition coefficient (Wildman–Crippen LogP) is 1.59.